The van der Waals surface area contributed by atoms with Crippen molar-refractivity contribution in [3.63, 3.8) is 0 Å². The fraction of sp³-hybridized carbons (Fsp3) is 0.409. The minimum absolute atomic E-state index is 0.00105. The first-order valence-electron chi connectivity index (χ1n) is 9.14. The maximum Gasteiger partial charge on any atom is 0.115 e. The van der Waals surface area contributed by atoms with Crippen molar-refractivity contribution in [1.29, 1.82) is 0 Å². The molecule has 0 aromatic carbocycles. The summed E-state index contributed by atoms with van der Waals surface area (Å²) in [5.74, 6) is -1.07. The fourth-order valence-electron chi connectivity index (χ4n) is 1.93. The number of hydrogen-bond donors (Lipinski definition) is 1. The molecular formula is C22H31O4-. The first kappa shape index (κ1) is 23.8. The van der Waals surface area contributed by atoms with E-state index in [1.165, 1.54) is 0 Å². The van der Waals surface area contributed by atoms with Crippen molar-refractivity contribution in [3.8, 4) is 0 Å². The molecule has 144 valence electrons. The summed E-state index contributed by atoms with van der Waals surface area (Å²) in [5.41, 5.74) is 0. The van der Waals surface area contributed by atoms with Crippen LogP contribution in [0.1, 0.15) is 51.9 Å². The summed E-state index contributed by atoms with van der Waals surface area (Å²) in [6, 6.07) is 0. The van der Waals surface area contributed by atoms with E-state index in [2.05, 4.69) is 48.3 Å². The Kier molecular flexibility index (Phi) is 17.6. The molecule has 26 heavy (non-hydrogen) atoms. The molecule has 0 aliphatic heterocycles. The number of carbonyl (C=O) groups is 1. The Morgan fingerprint density at radius 1 is 0.923 bits per heavy atom. The Hall–Kier alpha value is -2.17. The molecule has 0 bridgehead atoms. The highest BCUT2D eigenvalue weighted by Crippen LogP contribution is 2.02. The molecule has 1 N–H and O–H groups in total. The summed E-state index contributed by atoms with van der Waals surface area (Å²) in [7, 11) is 0. The summed E-state index contributed by atoms with van der Waals surface area (Å²) in [5, 5.41) is 19.1. The van der Waals surface area contributed by atoms with Gasteiger partial charge in [0.2, 0.25) is 0 Å². The van der Waals surface area contributed by atoms with Crippen molar-refractivity contribution in [2.24, 2.45) is 0 Å². The average Bonchev–Trinajstić information content (AvgIpc) is 2.63. The van der Waals surface area contributed by atoms with Crippen molar-refractivity contribution in [2.75, 3.05) is 0 Å². The molecule has 0 rings (SSSR count). The van der Waals surface area contributed by atoms with E-state index in [-0.39, 0.29) is 6.42 Å². The third-order valence-electron chi connectivity index (χ3n) is 3.31. The Balaban J connectivity index is 3.87. The quantitative estimate of drug-likeness (QED) is 0.199. The van der Waals surface area contributed by atoms with Gasteiger partial charge in [0.15, 0.2) is 0 Å². The molecule has 1 atom stereocenters. The predicted molar refractivity (Wildman–Crippen MR) is 105 cm³/mol. The zero-order chi connectivity index (χ0) is 19.3. The van der Waals surface area contributed by atoms with Crippen LogP contribution in [0.25, 0.3) is 0 Å². The fourth-order valence-corrected chi connectivity index (χ4v) is 1.93. The summed E-state index contributed by atoms with van der Waals surface area (Å²) in [6.07, 6.45) is 28.2. The van der Waals surface area contributed by atoms with Gasteiger partial charge < -0.3 is 9.90 Å². The Morgan fingerprint density at radius 2 is 1.54 bits per heavy atom. The van der Waals surface area contributed by atoms with E-state index < -0.39 is 12.1 Å². The standard InChI is InChI=1S/C22H32O4/c1-2-3-4-5-6-7-8-9-10-11-12-13-15-18-21(26-25)19-16-14-17-20-22(23)24/h3-4,6-7,9-10,12-16,18,21,25H,2,5,8,11,17,19-20H2,1H3,(H,23,24)/p-1/b4-3-,7-6-,10-9-,13-12-,16-14-,18-15+. The van der Waals surface area contributed by atoms with Gasteiger partial charge >= 0.3 is 0 Å². The summed E-state index contributed by atoms with van der Waals surface area (Å²) in [6.45, 7) is 2.13. The number of allylic oxidation sites excluding steroid dienone is 10. The van der Waals surface area contributed by atoms with Crippen LogP contribution in [0.3, 0.4) is 0 Å². The van der Waals surface area contributed by atoms with Gasteiger partial charge in [-0.3, -0.25) is 5.26 Å². The smallest absolute Gasteiger partial charge is 0.115 e. The molecule has 0 aliphatic carbocycles. The van der Waals surface area contributed by atoms with Crippen LogP contribution in [0.15, 0.2) is 72.9 Å². The van der Waals surface area contributed by atoms with Crippen LogP contribution in [-0.4, -0.2) is 17.3 Å². The van der Waals surface area contributed by atoms with Gasteiger partial charge in [-0.05, 0) is 44.9 Å². The molecule has 0 fully saturated rings. The molecule has 0 saturated heterocycles. The highest BCUT2D eigenvalue weighted by molar-refractivity contribution is 5.64. The maximum absolute atomic E-state index is 10.3. The molecule has 0 aromatic rings. The Labute approximate surface area is 157 Å². The number of carboxylic acid groups (broad SMARTS) is 1. The molecule has 4 heteroatoms. The third kappa shape index (κ3) is 18.2. The summed E-state index contributed by atoms with van der Waals surface area (Å²) < 4.78 is 0. The Morgan fingerprint density at radius 3 is 2.12 bits per heavy atom. The minimum atomic E-state index is -1.07. The van der Waals surface area contributed by atoms with Crippen LogP contribution in [0.2, 0.25) is 0 Å². The highest BCUT2D eigenvalue weighted by atomic mass is 17.1. The van der Waals surface area contributed by atoms with Crippen LogP contribution < -0.4 is 5.11 Å². The van der Waals surface area contributed by atoms with Crippen molar-refractivity contribution in [1.82, 2.24) is 0 Å². The number of aliphatic carboxylic acids is 1. The lowest BCUT2D eigenvalue weighted by Gasteiger charge is -2.04. The molecule has 0 spiro atoms. The number of carboxylic acids is 1. The highest BCUT2D eigenvalue weighted by Gasteiger charge is 1.99. The van der Waals surface area contributed by atoms with Gasteiger partial charge in [-0.15, -0.1) is 0 Å². The lowest BCUT2D eigenvalue weighted by atomic mass is 10.2. The van der Waals surface area contributed by atoms with Gasteiger partial charge in [-0.1, -0.05) is 79.8 Å². The lowest BCUT2D eigenvalue weighted by Crippen LogP contribution is -2.21. The average molecular weight is 359 g/mol. The van der Waals surface area contributed by atoms with E-state index in [1.54, 1.807) is 18.2 Å². The van der Waals surface area contributed by atoms with E-state index >= 15 is 0 Å². The molecule has 0 amide bonds. The molecule has 0 aromatic heterocycles. The van der Waals surface area contributed by atoms with E-state index in [0.29, 0.717) is 12.8 Å². The largest absolute Gasteiger partial charge is 0.550 e. The van der Waals surface area contributed by atoms with E-state index in [4.69, 9.17) is 5.26 Å². The summed E-state index contributed by atoms with van der Waals surface area (Å²) >= 11 is 0. The molecule has 0 radical (unpaired) electrons. The Bertz CT molecular complexity index is 510. The van der Waals surface area contributed by atoms with Crippen molar-refractivity contribution < 1.29 is 20.0 Å². The second-order valence-electron chi connectivity index (χ2n) is 5.60. The second kappa shape index (κ2) is 19.2. The SMILES string of the molecule is CC/C=C\C/C=C\C/C=C\C/C=C\C=C\C(C/C=C\CCC(=O)[O-])OO. The van der Waals surface area contributed by atoms with Crippen molar-refractivity contribution in [3.05, 3.63) is 72.9 Å². The lowest BCUT2D eigenvalue weighted by molar-refractivity contribution is -0.305. The van der Waals surface area contributed by atoms with E-state index in [0.717, 1.165) is 25.7 Å². The van der Waals surface area contributed by atoms with Gasteiger partial charge in [0.25, 0.3) is 0 Å². The first-order valence-corrected chi connectivity index (χ1v) is 9.14. The van der Waals surface area contributed by atoms with Gasteiger partial charge in [0.05, 0.1) is 0 Å². The van der Waals surface area contributed by atoms with Crippen molar-refractivity contribution in [2.45, 2.75) is 58.0 Å². The molecular weight excluding hydrogens is 328 g/mol. The third-order valence-corrected chi connectivity index (χ3v) is 3.31. The van der Waals surface area contributed by atoms with Gasteiger partial charge in [-0.2, -0.15) is 0 Å². The van der Waals surface area contributed by atoms with Crippen LogP contribution in [0, 0.1) is 0 Å². The number of hydrogen-bond acceptors (Lipinski definition) is 4. The van der Waals surface area contributed by atoms with Crippen LogP contribution in [0.5, 0.6) is 0 Å². The van der Waals surface area contributed by atoms with Crippen LogP contribution >= 0.6 is 0 Å². The topological polar surface area (TPSA) is 69.6 Å². The molecule has 0 aliphatic rings. The molecule has 0 saturated carbocycles. The zero-order valence-electron chi connectivity index (χ0n) is 15.6. The zero-order valence-corrected chi connectivity index (χ0v) is 15.6. The van der Waals surface area contributed by atoms with Gasteiger partial charge in [0.1, 0.15) is 6.10 Å². The maximum atomic E-state index is 10.3. The number of carbonyl (C=O) groups excluding carboxylic acids is 1. The van der Waals surface area contributed by atoms with Gasteiger partial charge in [0, 0.05) is 5.97 Å². The predicted octanol–water partition coefficient (Wildman–Crippen LogP) is 4.68. The van der Waals surface area contributed by atoms with Gasteiger partial charge in [-0.25, -0.2) is 4.89 Å². The minimum Gasteiger partial charge on any atom is -0.550 e. The molecule has 1 unspecified atom stereocenters. The monoisotopic (exact) mass is 359 g/mol. The normalized spacial score (nSPS) is 14.2. The summed E-state index contributed by atoms with van der Waals surface area (Å²) in [4.78, 5) is 14.6. The van der Waals surface area contributed by atoms with E-state index in [1.807, 2.05) is 18.2 Å². The van der Waals surface area contributed by atoms with Crippen LogP contribution in [-0.2, 0) is 9.68 Å². The van der Waals surface area contributed by atoms with Crippen LogP contribution in [0.4, 0.5) is 0 Å². The molecule has 4 nitrogen and oxygen atoms in total. The first-order chi connectivity index (χ1) is 12.7. The number of rotatable bonds is 15. The van der Waals surface area contributed by atoms with Crippen molar-refractivity contribution >= 4 is 5.97 Å². The van der Waals surface area contributed by atoms with E-state index in [9.17, 15) is 9.90 Å². The second-order valence-corrected chi connectivity index (χ2v) is 5.60. The molecule has 0 heterocycles.